The molecule has 12 nitrogen and oxygen atoms in total. The highest BCUT2D eigenvalue weighted by molar-refractivity contribution is 7.98. The Morgan fingerprint density at radius 1 is 0.810 bits per heavy atom. The van der Waals surface area contributed by atoms with E-state index in [-0.39, 0.29) is 23.8 Å². The first-order valence-corrected chi connectivity index (χ1v) is 19.6. The fourth-order valence-corrected chi connectivity index (χ4v) is 7.19. The summed E-state index contributed by atoms with van der Waals surface area (Å²) in [5.74, 6) is -3.49. The smallest absolute Gasteiger partial charge is 0.416 e. The van der Waals surface area contributed by atoms with Crippen molar-refractivity contribution >= 4 is 29.6 Å². The largest absolute Gasteiger partial charge is 0.479 e. The normalized spacial score (nSPS) is 13.5. The van der Waals surface area contributed by atoms with E-state index >= 15 is 0 Å². The van der Waals surface area contributed by atoms with Gasteiger partial charge in [-0.1, -0.05) is 74.1 Å². The van der Waals surface area contributed by atoms with Gasteiger partial charge in [-0.25, -0.2) is 14.0 Å². The molecule has 58 heavy (non-hydrogen) atoms. The van der Waals surface area contributed by atoms with Crippen molar-refractivity contribution in [3.63, 3.8) is 0 Å². The highest BCUT2D eigenvalue weighted by atomic mass is 32.2. The van der Waals surface area contributed by atoms with Crippen molar-refractivity contribution < 1.29 is 52.4 Å². The molecule has 0 bridgehead atoms. The number of alkyl halides is 3. The standard InChI is InChI=1S/C37H40F4N4O2S.C4H6O6/c1-3-43(4-2)21-22-44(23-26-9-13-28(14-10-26)29-15-17-30(18-16-29)37(39,40)41)34(46)24-45-33-8-6-5-7-32(33)35(47)42-36(45)48-25-27-11-19-31(38)20-12-27;5-1(3(7)8)2(6)4(9)10/h9-20H,3-8,21-25H2,1-2H3;1-2,5-6H,(H,7,8)(H,9,10). The number of amides is 1. The van der Waals surface area contributed by atoms with Crippen LogP contribution in [0, 0.1) is 5.82 Å². The molecule has 3 aromatic carbocycles. The SMILES string of the molecule is CCN(CC)CCN(Cc1ccc(-c2ccc(C(F)(F)F)cc2)cc1)C(=O)Cn1c(SCc2ccc(F)cc2)nc(=O)c2c1CCCC2.O=C(O)C(O)C(O)C(=O)O. The number of aliphatic hydroxyl groups excluding tert-OH is 2. The number of aliphatic hydroxyl groups is 2. The van der Waals surface area contributed by atoms with Crippen LogP contribution in [0.4, 0.5) is 17.6 Å². The van der Waals surface area contributed by atoms with Crippen LogP contribution in [0.25, 0.3) is 11.1 Å². The Hall–Kier alpha value is -5.10. The second-order valence-corrected chi connectivity index (χ2v) is 14.5. The molecule has 0 fully saturated rings. The number of hydrogen-bond acceptors (Lipinski definition) is 9. The van der Waals surface area contributed by atoms with Crippen molar-refractivity contribution in [1.29, 1.82) is 0 Å². The molecule has 312 valence electrons. The summed E-state index contributed by atoms with van der Waals surface area (Å²) < 4.78 is 54.5. The topological polar surface area (TPSA) is 174 Å². The highest BCUT2D eigenvalue weighted by Crippen LogP contribution is 2.31. The van der Waals surface area contributed by atoms with Gasteiger partial charge in [0.05, 0.1) is 5.56 Å². The Labute approximate surface area is 336 Å². The predicted molar refractivity (Wildman–Crippen MR) is 208 cm³/mol. The van der Waals surface area contributed by atoms with Crippen LogP contribution in [-0.2, 0) is 52.2 Å². The second kappa shape index (κ2) is 21.1. The van der Waals surface area contributed by atoms with Gasteiger partial charge in [0.2, 0.25) is 5.91 Å². The number of carbonyl (C=O) groups excluding carboxylic acids is 1. The summed E-state index contributed by atoms with van der Waals surface area (Å²) in [5.41, 5.74) is 3.82. The minimum atomic E-state index is -4.39. The molecule has 0 saturated carbocycles. The van der Waals surface area contributed by atoms with Gasteiger partial charge < -0.3 is 34.8 Å². The minimum Gasteiger partial charge on any atom is -0.479 e. The van der Waals surface area contributed by atoms with Gasteiger partial charge in [-0.3, -0.25) is 9.59 Å². The van der Waals surface area contributed by atoms with E-state index in [4.69, 9.17) is 20.4 Å². The fraction of sp³-hybridized carbons (Fsp3) is 0.390. The Balaban J connectivity index is 0.000000657. The summed E-state index contributed by atoms with van der Waals surface area (Å²) in [6.45, 7) is 7.43. The van der Waals surface area contributed by atoms with Gasteiger partial charge in [0.1, 0.15) is 12.4 Å². The number of nitrogens with zero attached hydrogens (tertiary/aromatic N) is 4. The van der Waals surface area contributed by atoms with E-state index in [9.17, 15) is 36.7 Å². The van der Waals surface area contributed by atoms with Crippen molar-refractivity contribution in [3.8, 4) is 11.1 Å². The van der Waals surface area contributed by atoms with Crippen LogP contribution in [0.3, 0.4) is 0 Å². The monoisotopic (exact) mass is 830 g/mol. The van der Waals surface area contributed by atoms with E-state index in [0.29, 0.717) is 54.5 Å². The number of carboxylic acids is 2. The summed E-state index contributed by atoms with van der Waals surface area (Å²) in [5, 5.41) is 33.0. The lowest BCUT2D eigenvalue weighted by atomic mass is 9.97. The number of carboxylic acid groups (broad SMARTS) is 2. The van der Waals surface area contributed by atoms with Gasteiger partial charge in [0.15, 0.2) is 17.4 Å². The zero-order valence-electron chi connectivity index (χ0n) is 32.0. The molecule has 2 unspecified atom stereocenters. The molecule has 0 radical (unpaired) electrons. The van der Waals surface area contributed by atoms with E-state index in [2.05, 4.69) is 23.7 Å². The van der Waals surface area contributed by atoms with Crippen LogP contribution in [0.1, 0.15) is 54.6 Å². The fourth-order valence-electron chi connectivity index (χ4n) is 6.22. The Morgan fingerprint density at radius 3 is 1.88 bits per heavy atom. The summed E-state index contributed by atoms with van der Waals surface area (Å²) >= 11 is 1.37. The zero-order valence-corrected chi connectivity index (χ0v) is 32.8. The second-order valence-electron chi connectivity index (χ2n) is 13.5. The van der Waals surface area contributed by atoms with Crippen LogP contribution in [0.5, 0.6) is 0 Å². The third kappa shape index (κ3) is 12.7. The molecule has 17 heteroatoms. The van der Waals surface area contributed by atoms with Crippen LogP contribution in [-0.4, -0.2) is 96.0 Å². The number of halogens is 4. The third-order valence-corrected chi connectivity index (χ3v) is 10.7. The number of likely N-dealkylation sites (N-methyl/N-ethyl adjacent to an activating group) is 1. The van der Waals surface area contributed by atoms with E-state index in [1.165, 1.54) is 36.0 Å². The predicted octanol–water partition coefficient (Wildman–Crippen LogP) is 5.49. The lowest BCUT2D eigenvalue weighted by Gasteiger charge is -2.29. The first kappa shape index (κ1) is 45.6. The Kier molecular flexibility index (Phi) is 16.6. The number of hydrogen-bond donors (Lipinski definition) is 4. The van der Waals surface area contributed by atoms with E-state index in [1.54, 1.807) is 12.1 Å². The third-order valence-electron chi connectivity index (χ3n) is 9.64. The first-order chi connectivity index (χ1) is 27.5. The molecular weight excluding hydrogens is 785 g/mol. The van der Waals surface area contributed by atoms with Crippen molar-refractivity contribution in [1.82, 2.24) is 19.4 Å². The average Bonchev–Trinajstić information content (AvgIpc) is 3.21. The minimum absolute atomic E-state index is 0.0310. The van der Waals surface area contributed by atoms with Gasteiger partial charge in [0.25, 0.3) is 5.56 Å². The quantitative estimate of drug-likeness (QED) is 0.0640. The molecule has 0 saturated heterocycles. The number of aliphatic carboxylic acids is 2. The summed E-state index contributed by atoms with van der Waals surface area (Å²) in [6, 6.07) is 18.8. The molecule has 1 aliphatic carbocycles. The summed E-state index contributed by atoms with van der Waals surface area (Å²) in [4.78, 5) is 55.3. The summed E-state index contributed by atoms with van der Waals surface area (Å²) in [7, 11) is 0. The lowest BCUT2D eigenvalue weighted by Crippen LogP contribution is -2.41. The van der Waals surface area contributed by atoms with E-state index in [1.807, 2.05) is 33.7 Å². The van der Waals surface area contributed by atoms with Gasteiger partial charge in [0, 0.05) is 36.6 Å². The molecule has 5 rings (SSSR count). The average molecular weight is 831 g/mol. The molecule has 4 N–H and O–H groups in total. The number of benzene rings is 3. The van der Waals surface area contributed by atoms with E-state index < -0.39 is 35.9 Å². The van der Waals surface area contributed by atoms with Crippen molar-refractivity contribution in [2.45, 2.75) is 81.9 Å². The molecule has 0 spiro atoms. The molecule has 0 aliphatic heterocycles. The van der Waals surface area contributed by atoms with Crippen molar-refractivity contribution in [2.24, 2.45) is 0 Å². The number of carbonyl (C=O) groups is 3. The number of thioether (sulfide) groups is 1. The number of rotatable bonds is 16. The maximum absolute atomic E-state index is 14.2. The highest BCUT2D eigenvalue weighted by Gasteiger charge is 2.31. The number of fused-ring (bicyclic) bond motifs is 1. The maximum Gasteiger partial charge on any atom is 0.416 e. The molecule has 4 aromatic rings. The van der Waals surface area contributed by atoms with Crippen LogP contribution < -0.4 is 5.56 Å². The maximum atomic E-state index is 14.2. The van der Waals surface area contributed by atoms with Crippen LogP contribution >= 0.6 is 11.8 Å². The molecule has 2 atom stereocenters. The Morgan fingerprint density at radius 2 is 1.34 bits per heavy atom. The van der Waals surface area contributed by atoms with Gasteiger partial charge in [-0.2, -0.15) is 18.2 Å². The van der Waals surface area contributed by atoms with Gasteiger partial charge in [-0.05, 0) is 85.3 Å². The Bertz CT molecular complexity index is 2040. The number of aromatic nitrogens is 2. The van der Waals surface area contributed by atoms with Crippen LogP contribution in [0.15, 0.2) is 82.7 Å². The van der Waals surface area contributed by atoms with Gasteiger partial charge in [-0.15, -0.1) is 0 Å². The van der Waals surface area contributed by atoms with Gasteiger partial charge >= 0.3 is 18.1 Å². The van der Waals surface area contributed by atoms with E-state index in [0.717, 1.165) is 60.4 Å². The zero-order chi connectivity index (χ0) is 42.6. The van der Waals surface area contributed by atoms with Crippen molar-refractivity contribution in [3.05, 3.63) is 117 Å². The summed E-state index contributed by atoms with van der Waals surface area (Å²) in [6.07, 6.45) is -5.78. The molecule has 1 aliphatic rings. The molecule has 1 heterocycles. The first-order valence-electron chi connectivity index (χ1n) is 18.6. The van der Waals surface area contributed by atoms with Crippen LogP contribution in [0.2, 0.25) is 0 Å². The molecular formula is C41H46F4N4O8S. The van der Waals surface area contributed by atoms with Crippen molar-refractivity contribution in [2.75, 3.05) is 26.2 Å². The molecule has 1 aromatic heterocycles. The molecule has 1 amide bonds. The lowest BCUT2D eigenvalue weighted by molar-refractivity contribution is -0.165.